The van der Waals surface area contributed by atoms with Crippen molar-refractivity contribution in [2.24, 2.45) is 0 Å². The fraction of sp³-hybridized carbons (Fsp3) is 0.652. The van der Waals surface area contributed by atoms with Gasteiger partial charge >= 0.3 is 27.9 Å². The molecule has 1 unspecified atom stereocenters. The van der Waals surface area contributed by atoms with E-state index < -0.39 is 94.4 Å². The maximum absolute atomic E-state index is 14.5. The quantitative estimate of drug-likeness (QED) is 0.154. The molecular weight excluding hydrogens is 729 g/mol. The van der Waals surface area contributed by atoms with Crippen molar-refractivity contribution in [3.05, 3.63) is 34.0 Å². The van der Waals surface area contributed by atoms with Crippen LogP contribution in [0.15, 0.2) is 24.3 Å². The van der Waals surface area contributed by atoms with Gasteiger partial charge in [-0.3, -0.25) is 9.59 Å². The summed E-state index contributed by atoms with van der Waals surface area (Å²) in [6.45, 7) is 0.0564. The Bertz CT molecular complexity index is 1630. The Labute approximate surface area is 263 Å². The minimum Gasteiger partial charge on any atom is -0.427 e. The maximum Gasteiger partial charge on any atom is 0.480 e. The summed E-state index contributed by atoms with van der Waals surface area (Å²) in [5.41, 5.74) is -5.72. The normalized spacial score (nSPS) is 17.0. The minimum absolute atomic E-state index is 0.0932. The largest absolute Gasteiger partial charge is 0.480 e. The summed E-state index contributed by atoms with van der Waals surface area (Å²) in [4.78, 5) is 25.4. The summed E-state index contributed by atoms with van der Waals surface area (Å²) in [6.07, 6.45) is 0.180. The maximum atomic E-state index is 14.5. The van der Waals surface area contributed by atoms with Crippen molar-refractivity contribution in [1.29, 1.82) is 0 Å². The second kappa shape index (κ2) is 14.0. The molecule has 0 radical (unpaired) electrons. The van der Waals surface area contributed by atoms with Gasteiger partial charge in [-0.05, 0) is 36.5 Å². The van der Waals surface area contributed by atoms with Crippen LogP contribution in [0.1, 0.15) is 51.0 Å². The van der Waals surface area contributed by atoms with E-state index in [9.17, 15) is 74.4 Å². The molecule has 1 fully saturated rings. The van der Waals surface area contributed by atoms with Gasteiger partial charge in [0.05, 0.1) is 0 Å². The number of halogens is 9. The predicted molar refractivity (Wildman–Crippen MR) is 144 cm³/mol. The number of ether oxygens (including phenoxy) is 1. The van der Waals surface area contributed by atoms with E-state index in [2.05, 4.69) is 0 Å². The highest BCUT2D eigenvalue weighted by Gasteiger charge is 2.81. The molecule has 24 heteroatoms. The first-order valence-electron chi connectivity index (χ1n) is 13.2. The van der Waals surface area contributed by atoms with Gasteiger partial charge in [0.1, 0.15) is 5.75 Å². The number of amides is 1. The second-order valence-corrected chi connectivity index (χ2v) is 15.5. The number of hydrogen-bond donors (Lipinski definition) is 0. The Balaban J connectivity index is 2.02. The molecule has 0 N–H and O–H groups in total. The topological polar surface area (TPSA) is 166 Å². The standard InChI is InChI=1S/C23H27F9N3O9S3/c1-3-15(2)16-7-9-17(10-8-16)44-19(37)6-4-5-18(36)34-11-13-35(14-12-34)47(42,43)22(28,29)20(24,25)21(26,27)45(38,39)33-46(40,41)23(30,31)32/h7-10,15H,3-6,11-14H2,1-2H3/q-1. The molecule has 1 aromatic rings. The van der Waals surface area contributed by atoms with E-state index in [1.54, 1.807) is 24.3 Å². The molecule has 1 aliphatic rings. The van der Waals surface area contributed by atoms with Crippen molar-refractivity contribution in [3.63, 3.8) is 0 Å². The average Bonchev–Trinajstić information content (AvgIpc) is 2.95. The zero-order valence-corrected chi connectivity index (χ0v) is 26.6. The van der Waals surface area contributed by atoms with Gasteiger partial charge in [-0.15, -0.1) is 0 Å². The summed E-state index contributed by atoms with van der Waals surface area (Å²) in [5.74, 6) is -8.52. The highest BCUT2D eigenvalue weighted by molar-refractivity contribution is 8.13. The Morgan fingerprint density at radius 3 is 1.79 bits per heavy atom. The molecule has 1 aromatic carbocycles. The zero-order valence-electron chi connectivity index (χ0n) is 24.2. The van der Waals surface area contributed by atoms with E-state index in [0.717, 1.165) is 16.9 Å². The number of esters is 1. The molecule has 1 saturated heterocycles. The van der Waals surface area contributed by atoms with Crippen LogP contribution < -0.4 is 4.74 Å². The van der Waals surface area contributed by atoms with Crippen molar-refractivity contribution >= 4 is 41.9 Å². The van der Waals surface area contributed by atoms with E-state index in [0.29, 0.717) is 4.13 Å². The Morgan fingerprint density at radius 2 is 1.32 bits per heavy atom. The third-order valence-corrected chi connectivity index (χ3v) is 11.9. The average molecular weight is 757 g/mol. The molecule has 0 saturated carbocycles. The lowest BCUT2D eigenvalue weighted by molar-refractivity contribution is -0.244. The number of piperazine rings is 1. The summed E-state index contributed by atoms with van der Waals surface area (Å²) in [5, 5.41) is -14.6. The van der Waals surface area contributed by atoms with Crippen molar-refractivity contribution in [2.45, 2.75) is 67.4 Å². The molecule has 1 amide bonds. The fourth-order valence-electron chi connectivity index (χ4n) is 3.88. The molecule has 0 aromatic heterocycles. The zero-order chi connectivity index (χ0) is 36.4. The number of sulfonamides is 3. The van der Waals surface area contributed by atoms with E-state index in [1.807, 2.05) is 13.8 Å². The molecule has 47 heavy (non-hydrogen) atoms. The first-order chi connectivity index (χ1) is 21.2. The van der Waals surface area contributed by atoms with E-state index in [-0.39, 0.29) is 30.9 Å². The lowest BCUT2D eigenvalue weighted by Crippen LogP contribution is -2.64. The first kappa shape index (κ1) is 40.5. The molecule has 0 spiro atoms. The van der Waals surface area contributed by atoms with Crippen molar-refractivity contribution in [3.8, 4) is 5.75 Å². The van der Waals surface area contributed by atoms with Crippen LogP contribution in [0.3, 0.4) is 0 Å². The summed E-state index contributed by atoms with van der Waals surface area (Å²) in [7, 11) is -22.5. The SMILES string of the molecule is CCC(C)c1ccc(OC(=O)CCCC(=O)N2CCN(S(=O)(=O)C(F)(F)C(F)(F)C(F)(F)S(=O)(=O)[N-]S(=O)(=O)C(F)(F)F)CC2)cc1. The number of benzene rings is 1. The van der Waals surface area contributed by atoms with Crippen LogP contribution in [0.2, 0.25) is 0 Å². The molecule has 0 bridgehead atoms. The molecule has 12 nitrogen and oxygen atoms in total. The lowest BCUT2D eigenvalue weighted by Gasteiger charge is -2.39. The third-order valence-electron chi connectivity index (χ3n) is 6.86. The number of alkyl halides is 9. The Hall–Kier alpha value is -2.70. The van der Waals surface area contributed by atoms with Gasteiger partial charge in [0, 0.05) is 39.0 Å². The number of carbonyl (C=O) groups is 2. The van der Waals surface area contributed by atoms with Gasteiger partial charge in [-0.1, -0.05) is 26.0 Å². The van der Waals surface area contributed by atoms with Gasteiger partial charge < -0.3 is 13.8 Å². The van der Waals surface area contributed by atoms with Crippen LogP contribution in [0.4, 0.5) is 39.5 Å². The van der Waals surface area contributed by atoms with Crippen molar-refractivity contribution < 1.29 is 79.1 Å². The van der Waals surface area contributed by atoms with Gasteiger partial charge in [0.15, 0.2) is 20.0 Å². The number of rotatable bonds is 14. The smallest absolute Gasteiger partial charge is 0.427 e. The van der Waals surface area contributed by atoms with Crippen LogP contribution in [0.25, 0.3) is 4.13 Å². The predicted octanol–water partition coefficient (Wildman–Crippen LogP) is 4.12. The van der Waals surface area contributed by atoms with Gasteiger partial charge in [0.25, 0.3) is 10.0 Å². The van der Waals surface area contributed by atoms with Gasteiger partial charge in [-0.25, -0.2) is 25.3 Å². The molecule has 0 aliphatic carbocycles. The fourth-order valence-corrected chi connectivity index (χ4v) is 7.56. The number of hydrogen-bond acceptors (Lipinski definition) is 9. The molecule has 270 valence electrons. The molecule has 1 aliphatic heterocycles. The Morgan fingerprint density at radius 1 is 0.809 bits per heavy atom. The highest BCUT2D eigenvalue weighted by Crippen LogP contribution is 2.53. The van der Waals surface area contributed by atoms with Crippen molar-refractivity contribution in [1.82, 2.24) is 9.21 Å². The molecular formula is C23H27F9N3O9S3-. The first-order valence-corrected chi connectivity index (χ1v) is 17.5. The van der Waals surface area contributed by atoms with Gasteiger partial charge in [0.2, 0.25) is 5.91 Å². The third kappa shape index (κ3) is 8.31. The van der Waals surface area contributed by atoms with Crippen LogP contribution in [0.5, 0.6) is 5.75 Å². The van der Waals surface area contributed by atoms with Crippen molar-refractivity contribution in [2.75, 3.05) is 26.2 Å². The van der Waals surface area contributed by atoms with Crippen LogP contribution in [0, 0.1) is 0 Å². The monoisotopic (exact) mass is 756 g/mol. The molecule has 2 rings (SSSR count). The van der Waals surface area contributed by atoms with Crippen LogP contribution in [-0.2, 0) is 39.7 Å². The highest BCUT2D eigenvalue weighted by atomic mass is 32.3. The number of nitrogens with zero attached hydrogens (tertiary/aromatic N) is 3. The summed E-state index contributed by atoms with van der Waals surface area (Å²) < 4.78 is 197. The van der Waals surface area contributed by atoms with Crippen LogP contribution in [-0.4, -0.2) is 94.5 Å². The Kier molecular flexibility index (Phi) is 12.1. The minimum atomic E-state index is -8.01. The van der Waals surface area contributed by atoms with E-state index >= 15 is 0 Å². The summed E-state index contributed by atoms with van der Waals surface area (Å²) in [6, 6.07) is 6.69. The second-order valence-electron chi connectivity index (χ2n) is 10.1. The number of carbonyl (C=O) groups excluding carboxylic acids is 2. The van der Waals surface area contributed by atoms with Gasteiger partial charge in [-0.2, -0.15) is 43.8 Å². The van der Waals surface area contributed by atoms with Crippen LogP contribution >= 0.6 is 0 Å². The summed E-state index contributed by atoms with van der Waals surface area (Å²) >= 11 is 0. The van der Waals surface area contributed by atoms with E-state index in [4.69, 9.17) is 4.74 Å². The van der Waals surface area contributed by atoms with E-state index in [1.165, 1.54) is 0 Å². The lowest BCUT2D eigenvalue weighted by atomic mass is 9.99. The molecule has 1 heterocycles. The molecule has 1 atom stereocenters.